The monoisotopic (exact) mass is 779 g/mol. The number of hydrogen-bond donors (Lipinski definition) is 0. The molecule has 6 heteroatoms. The lowest BCUT2D eigenvalue weighted by molar-refractivity contribution is -0.167. The van der Waals surface area contributed by atoms with Gasteiger partial charge in [-0.2, -0.15) is 0 Å². The molecule has 0 aromatic heterocycles. The molecule has 0 heterocycles. The summed E-state index contributed by atoms with van der Waals surface area (Å²) in [6.45, 7) is 6.63. The highest BCUT2D eigenvalue weighted by Crippen LogP contribution is 2.16. The van der Waals surface area contributed by atoms with Crippen LogP contribution in [0, 0.1) is 0 Å². The number of carbonyl (C=O) groups is 3. The largest absolute Gasteiger partial charge is 0.462 e. The van der Waals surface area contributed by atoms with E-state index in [2.05, 4.69) is 20.8 Å². The standard InChI is InChI=1S/C49H94O6/c1-4-7-10-13-16-18-20-22-24-26-28-30-33-36-39-42-48(51)54-45-46(44-53-47(50)41-38-35-32-15-12-9-6-3)55-49(52)43-40-37-34-31-29-27-25-23-21-19-17-14-11-8-5-2/h46H,4-45H2,1-3H3. The zero-order valence-corrected chi connectivity index (χ0v) is 37.2. The van der Waals surface area contributed by atoms with Gasteiger partial charge in [0, 0.05) is 19.3 Å². The number of esters is 3. The van der Waals surface area contributed by atoms with Crippen LogP contribution in [0.25, 0.3) is 0 Å². The van der Waals surface area contributed by atoms with E-state index in [9.17, 15) is 14.4 Å². The molecule has 0 aliphatic heterocycles. The molecule has 326 valence electrons. The molecule has 0 aliphatic rings. The minimum atomic E-state index is -0.758. The summed E-state index contributed by atoms with van der Waals surface area (Å²) in [6.07, 6.45) is 46.7. The molecule has 1 atom stereocenters. The van der Waals surface area contributed by atoms with Gasteiger partial charge in [0.1, 0.15) is 13.2 Å². The zero-order valence-electron chi connectivity index (χ0n) is 37.2. The fraction of sp³-hybridized carbons (Fsp3) is 0.939. The van der Waals surface area contributed by atoms with Crippen molar-refractivity contribution in [2.45, 2.75) is 284 Å². The van der Waals surface area contributed by atoms with E-state index in [-0.39, 0.29) is 31.1 Å². The molecular weight excluding hydrogens is 685 g/mol. The molecular formula is C49H94O6. The molecule has 0 saturated carbocycles. The molecule has 0 bridgehead atoms. The summed E-state index contributed by atoms with van der Waals surface area (Å²) in [4.78, 5) is 37.7. The predicted octanol–water partition coefficient (Wildman–Crippen LogP) is 15.6. The van der Waals surface area contributed by atoms with Crippen molar-refractivity contribution >= 4 is 17.9 Å². The molecule has 0 aromatic rings. The van der Waals surface area contributed by atoms with E-state index in [1.54, 1.807) is 0 Å². The first kappa shape index (κ1) is 53.4. The molecule has 0 rings (SSSR count). The Kier molecular flexibility index (Phi) is 43.8. The molecule has 0 N–H and O–H groups in total. The van der Waals surface area contributed by atoms with Crippen molar-refractivity contribution in [3.05, 3.63) is 0 Å². The van der Waals surface area contributed by atoms with Crippen LogP contribution in [0.1, 0.15) is 278 Å². The quantitative estimate of drug-likeness (QED) is 0.0348. The Morgan fingerprint density at radius 3 is 0.727 bits per heavy atom. The summed E-state index contributed by atoms with van der Waals surface area (Å²) in [5.41, 5.74) is 0. The Morgan fingerprint density at radius 1 is 0.291 bits per heavy atom. The van der Waals surface area contributed by atoms with E-state index in [4.69, 9.17) is 14.2 Å². The number of rotatable bonds is 45. The number of hydrogen-bond acceptors (Lipinski definition) is 6. The van der Waals surface area contributed by atoms with Gasteiger partial charge in [0.25, 0.3) is 0 Å². The third-order valence-corrected chi connectivity index (χ3v) is 11.1. The third kappa shape index (κ3) is 43.4. The predicted molar refractivity (Wildman–Crippen MR) is 233 cm³/mol. The number of ether oxygens (including phenoxy) is 3. The summed E-state index contributed by atoms with van der Waals surface area (Å²) in [6, 6.07) is 0. The lowest BCUT2D eigenvalue weighted by Crippen LogP contribution is -2.30. The Hall–Kier alpha value is -1.59. The molecule has 55 heavy (non-hydrogen) atoms. The summed E-state index contributed by atoms with van der Waals surface area (Å²) in [7, 11) is 0. The van der Waals surface area contributed by atoms with Crippen LogP contribution in [0.15, 0.2) is 0 Å². The van der Waals surface area contributed by atoms with Crippen molar-refractivity contribution < 1.29 is 28.6 Å². The van der Waals surface area contributed by atoms with Crippen molar-refractivity contribution in [1.82, 2.24) is 0 Å². The fourth-order valence-electron chi connectivity index (χ4n) is 7.38. The summed E-state index contributed by atoms with van der Waals surface area (Å²) < 4.78 is 16.7. The van der Waals surface area contributed by atoms with Crippen LogP contribution in [-0.2, 0) is 28.6 Å². The van der Waals surface area contributed by atoms with Crippen LogP contribution in [0.5, 0.6) is 0 Å². The smallest absolute Gasteiger partial charge is 0.306 e. The lowest BCUT2D eigenvalue weighted by Gasteiger charge is -2.18. The van der Waals surface area contributed by atoms with Crippen LogP contribution >= 0.6 is 0 Å². The van der Waals surface area contributed by atoms with Gasteiger partial charge in [-0.1, -0.05) is 239 Å². The zero-order chi connectivity index (χ0) is 40.1. The average molecular weight is 779 g/mol. The topological polar surface area (TPSA) is 78.9 Å². The van der Waals surface area contributed by atoms with Gasteiger partial charge in [-0.3, -0.25) is 14.4 Å². The van der Waals surface area contributed by atoms with Crippen LogP contribution in [0.4, 0.5) is 0 Å². The Labute approximate surface area is 342 Å². The van der Waals surface area contributed by atoms with Crippen molar-refractivity contribution in [2.24, 2.45) is 0 Å². The first-order valence-electron chi connectivity index (χ1n) is 24.5. The van der Waals surface area contributed by atoms with Crippen molar-refractivity contribution in [1.29, 1.82) is 0 Å². The highest BCUT2D eigenvalue weighted by atomic mass is 16.6. The first-order valence-corrected chi connectivity index (χ1v) is 24.5. The van der Waals surface area contributed by atoms with E-state index >= 15 is 0 Å². The van der Waals surface area contributed by atoms with Gasteiger partial charge in [-0.15, -0.1) is 0 Å². The first-order chi connectivity index (χ1) is 27.0. The van der Waals surface area contributed by atoms with E-state index in [0.29, 0.717) is 19.3 Å². The second-order valence-electron chi connectivity index (χ2n) is 16.7. The van der Waals surface area contributed by atoms with Crippen LogP contribution < -0.4 is 0 Å². The molecule has 0 amide bonds. The SMILES string of the molecule is CCCCCCCCCCCCCCCCCC(=O)OCC(COC(=O)CCCCCCCCC)OC(=O)CCCCCCCCCCCCCCCCC. The molecule has 1 unspecified atom stereocenters. The highest BCUT2D eigenvalue weighted by molar-refractivity contribution is 5.71. The van der Waals surface area contributed by atoms with E-state index in [0.717, 1.165) is 57.8 Å². The van der Waals surface area contributed by atoms with E-state index in [1.807, 2.05) is 0 Å². The molecule has 0 aliphatic carbocycles. The normalized spacial score (nSPS) is 11.8. The fourth-order valence-corrected chi connectivity index (χ4v) is 7.38. The van der Waals surface area contributed by atoms with Gasteiger partial charge in [0.05, 0.1) is 0 Å². The van der Waals surface area contributed by atoms with Crippen LogP contribution in [0.3, 0.4) is 0 Å². The minimum Gasteiger partial charge on any atom is -0.462 e. The second kappa shape index (κ2) is 45.1. The van der Waals surface area contributed by atoms with Gasteiger partial charge in [-0.25, -0.2) is 0 Å². The molecule has 0 aromatic carbocycles. The molecule has 6 nitrogen and oxygen atoms in total. The third-order valence-electron chi connectivity index (χ3n) is 11.1. The van der Waals surface area contributed by atoms with Gasteiger partial charge in [0.2, 0.25) is 0 Å². The summed E-state index contributed by atoms with van der Waals surface area (Å²) >= 11 is 0. The molecule has 0 spiro atoms. The van der Waals surface area contributed by atoms with Crippen LogP contribution in [0.2, 0.25) is 0 Å². The lowest BCUT2D eigenvalue weighted by atomic mass is 10.0. The maximum Gasteiger partial charge on any atom is 0.306 e. The van der Waals surface area contributed by atoms with Gasteiger partial charge < -0.3 is 14.2 Å². The molecule has 0 saturated heterocycles. The number of carbonyl (C=O) groups excluding carboxylic acids is 3. The van der Waals surface area contributed by atoms with Crippen molar-refractivity contribution in [3.63, 3.8) is 0 Å². The average Bonchev–Trinajstić information content (AvgIpc) is 3.18. The summed E-state index contributed by atoms with van der Waals surface area (Å²) in [5.74, 6) is -0.852. The molecule has 0 radical (unpaired) electrons. The Bertz CT molecular complexity index is 813. The van der Waals surface area contributed by atoms with Crippen molar-refractivity contribution in [2.75, 3.05) is 13.2 Å². The maximum atomic E-state index is 12.7. The minimum absolute atomic E-state index is 0.0626. The van der Waals surface area contributed by atoms with E-state index < -0.39 is 6.10 Å². The van der Waals surface area contributed by atoms with Crippen molar-refractivity contribution in [3.8, 4) is 0 Å². The molecule has 0 fully saturated rings. The highest BCUT2D eigenvalue weighted by Gasteiger charge is 2.19. The Morgan fingerprint density at radius 2 is 0.491 bits per heavy atom. The number of unbranched alkanes of at least 4 members (excludes halogenated alkanes) is 34. The van der Waals surface area contributed by atoms with Gasteiger partial charge >= 0.3 is 17.9 Å². The van der Waals surface area contributed by atoms with E-state index in [1.165, 1.54) is 180 Å². The summed E-state index contributed by atoms with van der Waals surface area (Å²) in [5, 5.41) is 0. The van der Waals surface area contributed by atoms with Gasteiger partial charge in [-0.05, 0) is 19.3 Å². The Balaban J connectivity index is 4.22. The van der Waals surface area contributed by atoms with Crippen LogP contribution in [-0.4, -0.2) is 37.2 Å². The maximum absolute atomic E-state index is 12.7. The van der Waals surface area contributed by atoms with Gasteiger partial charge in [0.15, 0.2) is 6.10 Å². The second-order valence-corrected chi connectivity index (χ2v) is 16.7.